The second kappa shape index (κ2) is 4.97. The second-order valence-corrected chi connectivity index (χ2v) is 5.60. The normalized spacial score (nSPS) is 29.9. The quantitative estimate of drug-likeness (QED) is 0.747. The molecule has 3 nitrogen and oxygen atoms in total. The Hall–Kier alpha value is -0.570. The fraction of sp³-hybridized carbons (Fsp3) is 0.917. The Balaban J connectivity index is 2.41. The predicted octanol–water partition coefficient (Wildman–Crippen LogP) is 1.67. The zero-order valence-electron chi connectivity index (χ0n) is 10.2. The lowest BCUT2D eigenvalue weighted by molar-refractivity contribution is -0.122. The standard InChI is InChI=1S/C12H24N2O/c1-9-8-12(2,3)6-4-10(9)14-11(15)5-7-13/h9-10H,4-8,13H2,1-3H3,(H,14,15). The van der Waals surface area contributed by atoms with E-state index in [1.165, 1.54) is 12.8 Å². The summed E-state index contributed by atoms with van der Waals surface area (Å²) in [6.07, 6.45) is 3.95. The molecule has 0 radical (unpaired) electrons. The number of amides is 1. The van der Waals surface area contributed by atoms with E-state index in [0.29, 0.717) is 30.3 Å². The lowest BCUT2D eigenvalue weighted by atomic mass is 9.70. The van der Waals surface area contributed by atoms with Gasteiger partial charge in [-0.3, -0.25) is 4.79 Å². The molecule has 3 heteroatoms. The monoisotopic (exact) mass is 212 g/mol. The van der Waals surface area contributed by atoms with Crippen molar-refractivity contribution in [2.75, 3.05) is 6.54 Å². The van der Waals surface area contributed by atoms with E-state index in [9.17, 15) is 4.79 Å². The van der Waals surface area contributed by atoms with E-state index in [-0.39, 0.29) is 5.91 Å². The molecule has 0 heterocycles. The summed E-state index contributed by atoms with van der Waals surface area (Å²) < 4.78 is 0. The molecule has 0 bridgehead atoms. The Morgan fingerprint density at radius 1 is 1.53 bits per heavy atom. The van der Waals surface area contributed by atoms with E-state index in [0.717, 1.165) is 6.42 Å². The Kier molecular flexibility index (Phi) is 4.14. The molecule has 0 aliphatic heterocycles. The predicted molar refractivity (Wildman–Crippen MR) is 62.4 cm³/mol. The molecule has 0 aromatic heterocycles. The summed E-state index contributed by atoms with van der Waals surface area (Å²) >= 11 is 0. The van der Waals surface area contributed by atoms with E-state index < -0.39 is 0 Å². The molecule has 1 fully saturated rings. The highest BCUT2D eigenvalue weighted by atomic mass is 16.1. The van der Waals surface area contributed by atoms with Gasteiger partial charge in [-0.15, -0.1) is 0 Å². The van der Waals surface area contributed by atoms with Crippen molar-refractivity contribution in [3.05, 3.63) is 0 Å². The number of hydrogen-bond acceptors (Lipinski definition) is 2. The Labute approximate surface area is 92.8 Å². The van der Waals surface area contributed by atoms with E-state index in [4.69, 9.17) is 5.73 Å². The molecule has 0 aromatic rings. The minimum absolute atomic E-state index is 0.106. The van der Waals surface area contributed by atoms with E-state index in [2.05, 4.69) is 26.1 Å². The van der Waals surface area contributed by atoms with Gasteiger partial charge in [0.25, 0.3) is 0 Å². The number of nitrogens with one attached hydrogen (secondary N) is 1. The fourth-order valence-corrected chi connectivity index (χ4v) is 2.57. The molecular formula is C12H24N2O. The van der Waals surface area contributed by atoms with Crippen molar-refractivity contribution in [2.24, 2.45) is 17.1 Å². The maximum Gasteiger partial charge on any atom is 0.221 e. The molecule has 2 unspecified atom stereocenters. The zero-order chi connectivity index (χ0) is 11.5. The number of nitrogens with two attached hydrogens (primary N) is 1. The van der Waals surface area contributed by atoms with Crippen LogP contribution in [-0.2, 0) is 4.79 Å². The molecule has 0 spiro atoms. The SMILES string of the molecule is CC1CC(C)(C)CCC1NC(=O)CCN. The summed E-state index contributed by atoms with van der Waals surface area (Å²) in [5, 5.41) is 3.09. The van der Waals surface area contributed by atoms with Crippen LogP contribution in [0.1, 0.15) is 46.5 Å². The summed E-state index contributed by atoms with van der Waals surface area (Å²) in [5.74, 6) is 0.685. The smallest absolute Gasteiger partial charge is 0.221 e. The van der Waals surface area contributed by atoms with Crippen LogP contribution in [0.4, 0.5) is 0 Å². The topological polar surface area (TPSA) is 55.1 Å². The molecule has 1 aliphatic rings. The zero-order valence-corrected chi connectivity index (χ0v) is 10.2. The van der Waals surface area contributed by atoms with Crippen LogP contribution < -0.4 is 11.1 Å². The van der Waals surface area contributed by atoms with E-state index in [1.54, 1.807) is 0 Å². The van der Waals surface area contributed by atoms with Gasteiger partial charge in [0.15, 0.2) is 0 Å². The van der Waals surface area contributed by atoms with Crippen molar-refractivity contribution >= 4 is 5.91 Å². The molecule has 0 saturated heterocycles. The van der Waals surface area contributed by atoms with E-state index in [1.807, 2.05) is 0 Å². The largest absolute Gasteiger partial charge is 0.353 e. The van der Waals surface area contributed by atoms with Crippen molar-refractivity contribution in [3.8, 4) is 0 Å². The van der Waals surface area contributed by atoms with Crippen molar-refractivity contribution in [2.45, 2.75) is 52.5 Å². The number of rotatable bonds is 3. The van der Waals surface area contributed by atoms with Crippen LogP contribution in [0.2, 0.25) is 0 Å². The second-order valence-electron chi connectivity index (χ2n) is 5.60. The molecular weight excluding hydrogens is 188 g/mol. The lowest BCUT2D eigenvalue weighted by Crippen LogP contribution is -2.44. The van der Waals surface area contributed by atoms with Gasteiger partial charge in [0.05, 0.1) is 0 Å². The Morgan fingerprint density at radius 2 is 2.20 bits per heavy atom. The molecule has 3 N–H and O–H groups in total. The number of carbonyl (C=O) groups is 1. The van der Waals surface area contributed by atoms with Crippen LogP contribution in [0, 0.1) is 11.3 Å². The van der Waals surface area contributed by atoms with E-state index >= 15 is 0 Å². The van der Waals surface area contributed by atoms with Crippen LogP contribution in [0.15, 0.2) is 0 Å². The molecule has 1 aliphatic carbocycles. The maximum atomic E-state index is 11.4. The Bertz CT molecular complexity index is 226. The molecule has 1 rings (SSSR count). The van der Waals surface area contributed by atoms with Crippen LogP contribution >= 0.6 is 0 Å². The first-order valence-corrected chi connectivity index (χ1v) is 5.94. The van der Waals surface area contributed by atoms with Gasteiger partial charge in [-0.05, 0) is 30.6 Å². The van der Waals surface area contributed by atoms with Gasteiger partial charge in [-0.2, -0.15) is 0 Å². The fourth-order valence-electron chi connectivity index (χ4n) is 2.57. The maximum absolute atomic E-state index is 11.4. The number of carbonyl (C=O) groups excluding carboxylic acids is 1. The minimum atomic E-state index is 0.106. The summed E-state index contributed by atoms with van der Waals surface area (Å²) in [6.45, 7) is 7.29. The summed E-state index contributed by atoms with van der Waals surface area (Å²) in [6, 6.07) is 0.358. The molecule has 1 saturated carbocycles. The summed E-state index contributed by atoms with van der Waals surface area (Å²) in [5.41, 5.74) is 5.79. The lowest BCUT2D eigenvalue weighted by Gasteiger charge is -2.39. The van der Waals surface area contributed by atoms with Gasteiger partial charge >= 0.3 is 0 Å². The highest BCUT2D eigenvalue weighted by molar-refractivity contribution is 5.76. The van der Waals surface area contributed by atoms with Crippen molar-refractivity contribution in [3.63, 3.8) is 0 Å². The highest BCUT2D eigenvalue weighted by Gasteiger charge is 2.32. The van der Waals surface area contributed by atoms with Gasteiger partial charge in [0.1, 0.15) is 0 Å². The van der Waals surface area contributed by atoms with Gasteiger partial charge < -0.3 is 11.1 Å². The first-order valence-electron chi connectivity index (χ1n) is 5.94. The summed E-state index contributed by atoms with van der Waals surface area (Å²) in [7, 11) is 0. The van der Waals surface area contributed by atoms with Gasteiger partial charge in [0.2, 0.25) is 5.91 Å². The highest BCUT2D eigenvalue weighted by Crippen LogP contribution is 2.38. The first kappa shape index (κ1) is 12.5. The minimum Gasteiger partial charge on any atom is -0.353 e. The Morgan fingerprint density at radius 3 is 2.73 bits per heavy atom. The third-order valence-electron chi connectivity index (χ3n) is 3.41. The van der Waals surface area contributed by atoms with Crippen LogP contribution in [-0.4, -0.2) is 18.5 Å². The molecule has 1 amide bonds. The number of hydrogen-bond donors (Lipinski definition) is 2. The van der Waals surface area contributed by atoms with Gasteiger partial charge in [0, 0.05) is 19.0 Å². The molecule has 2 atom stereocenters. The average Bonchev–Trinajstić information content (AvgIpc) is 2.10. The first-order chi connectivity index (χ1) is 6.94. The molecule has 15 heavy (non-hydrogen) atoms. The van der Waals surface area contributed by atoms with Crippen molar-refractivity contribution in [1.82, 2.24) is 5.32 Å². The summed E-state index contributed by atoms with van der Waals surface area (Å²) in [4.78, 5) is 11.4. The average molecular weight is 212 g/mol. The van der Waals surface area contributed by atoms with Crippen LogP contribution in [0.25, 0.3) is 0 Å². The third kappa shape index (κ3) is 3.82. The van der Waals surface area contributed by atoms with Gasteiger partial charge in [-0.1, -0.05) is 20.8 Å². The van der Waals surface area contributed by atoms with Crippen LogP contribution in [0.5, 0.6) is 0 Å². The third-order valence-corrected chi connectivity index (χ3v) is 3.41. The van der Waals surface area contributed by atoms with Gasteiger partial charge in [-0.25, -0.2) is 0 Å². The molecule has 88 valence electrons. The van der Waals surface area contributed by atoms with Crippen molar-refractivity contribution < 1.29 is 4.79 Å². The van der Waals surface area contributed by atoms with Crippen molar-refractivity contribution in [1.29, 1.82) is 0 Å². The van der Waals surface area contributed by atoms with Crippen LogP contribution in [0.3, 0.4) is 0 Å². The molecule has 0 aromatic carbocycles.